The maximum Gasteiger partial charge on any atom is 0.317 e. The number of nitrogens with one attached hydrogen (secondary N) is 3. The van der Waals surface area contributed by atoms with Crippen LogP contribution in [-0.2, 0) is 19.8 Å². The summed E-state index contributed by atoms with van der Waals surface area (Å²) in [7, 11) is -1.22. The fourth-order valence-electron chi connectivity index (χ4n) is 6.76. The summed E-state index contributed by atoms with van der Waals surface area (Å²) in [5.74, 6) is -1.02. The third-order valence-electron chi connectivity index (χ3n) is 10.2. The minimum absolute atomic E-state index is 0.0165. The van der Waals surface area contributed by atoms with Crippen molar-refractivity contribution < 1.29 is 32.3 Å². The van der Waals surface area contributed by atoms with E-state index >= 15 is 0 Å². The second-order valence-electron chi connectivity index (χ2n) is 14.3. The topological polar surface area (TPSA) is 196 Å². The van der Waals surface area contributed by atoms with Crippen LogP contribution in [0.2, 0.25) is 5.02 Å². The van der Waals surface area contributed by atoms with Gasteiger partial charge < -0.3 is 25.0 Å². The van der Waals surface area contributed by atoms with E-state index in [1.807, 2.05) is 23.6 Å². The summed E-state index contributed by atoms with van der Waals surface area (Å²) in [6.07, 6.45) is 6.88. The number of allylic oxidation sites excluding steroid dienone is 1. The Morgan fingerprint density at radius 1 is 1.20 bits per heavy atom. The molecule has 1 aromatic carbocycles. The first-order valence-electron chi connectivity index (χ1n) is 18.3. The number of nitrogens with zero attached hydrogens (tertiary/aromatic N) is 5. The number of rotatable bonds is 10. The third kappa shape index (κ3) is 8.67. The Morgan fingerprint density at radius 3 is 2.73 bits per heavy atom. The van der Waals surface area contributed by atoms with Gasteiger partial charge in [-0.15, -0.1) is 11.3 Å². The summed E-state index contributed by atoms with van der Waals surface area (Å²) in [6, 6.07) is 4.66. The van der Waals surface area contributed by atoms with Crippen molar-refractivity contribution in [2.75, 3.05) is 33.9 Å². The number of hydrogen-bond donors (Lipinski definition) is 3. The lowest BCUT2D eigenvalue weighted by Crippen LogP contribution is -2.59. The Hall–Kier alpha value is -4.50. The van der Waals surface area contributed by atoms with Crippen LogP contribution in [0.3, 0.4) is 0 Å². The second kappa shape index (κ2) is 16.7. The summed E-state index contributed by atoms with van der Waals surface area (Å²) >= 11 is 8.18. The molecule has 0 radical (unpaired) electrons. The van der Waals surface area contributed by atoms with Gasteiger partial charge in [-0.1, -0.05) is 37.6 Å². The van der Waals surface area contributed by atoms with Gasteiger partial charge in [-0.3, -0.25) is 9.59 Å². The SMILES string of the molecule is COc1ccc2c(OCC[C@@H]3NC(=O)N(C)CCCCC=C[C@@H]4C[C@@]4(C(=O)NS(=O)(=O)N4CCC[C@H]4C#N)NC3=O)cc(-c3nc(C(C)C)cs3)nc2c1Cl. The normalized spacial score (nSPS) is 23.7. The number of urea groups is 1. The highest BCUT2D eigenvalue weighted by atomic mass is 35.5. The number of amides is 4. The van der Waals surface area contributed by atoms with Gasteiger partial charge >= 0.3 is 16.2 Å². The van der Waals surface area contributed by atoms with E-state index in [9.17, 15) is 28.1 Å². The van der Waals surface area contributed by atoms with Crippen LogP contribution in [0.1, 0.15) is 70.4 Å². The molecule has 0 spiro atoms. The fraction of sp³-hybridized carbons (Fsp3) is 0.514. The molecule has 55 heavy (non-hydrogen) atoms. The number of carbonyl (C=O) groups is 3. The molecule has 1 aliphatic carbocycles. The Labute approximate surface area is 329 Å². The molecule has 6 rings (SSSR count). The fourth-order valence-corrected chi connectivity index (χ4v) is 9.38. The molecule has 4 atom stereocenters. The Morgan fingerprint density at radius 2 is 2.00 bits per heavy atom. The van der Waals surface area contributed by atoms with Crippen molar-refractivity contribution in [2.45, 2.75) is 82.3 Å². The van der Waals surface area contributed by atoms with Crippen LogP contribution in [0.5, 0.6) is 11.5 Å². The maximum atomic E-state index is 14.1. The summed E-state index contributed by atoms with van der Waals surface area (Å²) in [6.45, 7) is 4.61. The minimum Gasteiger partial charge on any atom is -0.495 e. The predicted octanol–water partition coefficient (Wildman–Crippen LogP) is 4.89. The zero-order valence-electron chi connectivity index (χ0n) is 31.1. The first kappa shape index (κ1) is 40.2. The van der Waals surface area contributed by atoms with Gasteiger partial charge in [0.15, 0.2) is 0 Å². The van der Waals surface area contributed by atoms with Crippen LogP contribution in [0.15, 0.2) is 35.7 Å². The van der Waals surface area contributed by atoms with Crippen LogP contribution < -0.4 is 24.8 Å². The zero-order chi connectivity index (χ0) is 39.5. The molecule has 4 heterocycles. The van der Waals surface area contributed by atoms with Crippen molar-refractivity contribution >= 4 is 61.9 Å². The number of methoxy groups -OCH3 is 1. The van der Waals surface area contributed by atoms with Crippen LogP contribution in [0.25, 0.3) is 21.6 Å². The molecule has 294 valence electrons. The molecule has 2 aromatic heterocycles. The highest BCUT2D eigenvalue weighted by Crippen LogP contribution is 2.46. The second-order valence-corrected chi connectivity index (χ2v) is 17.2. The highest BCUT2D eigenvalue weighted by molar-refractivity contribution is 7.87. The molecule has 2 aliphatic heterocycles. The molecule has 4 amide bonds. The van der Waals surface area contributed by atoms with Crippen molar-refractivity contribution in [1.29, 1.82) is 5.26 Å². The lowest BCUT2D eigenvalue weighted by atomic mass is 10.1. The number of hydrogen-bond acceptors (Lipinski definition) is 11. The number of benzene rings is 1. The third-order valence-corrected chi connectivity index (χ3v) is 12.9. The zero-order valence-corrected chi connectivity index (χ0v) is 33.5. The summed E-state index contributed by atoms with van der Waals surface area (Å²) in [5, 5.41) is 18.6. The number of nitriles is 1. The molecule has 0 unspecified atom stereocenters. The van der Waals surface area contributed by atoms with Crippen molar-refractivity contribution in [1.82, 2.24) is 34.5 Å². The van der Waals surface area contributed by atoms with Crippen molar-refractivity contribution in [3.63, 3.8) is 0 Å². The summed E-state index contributed by atoms with van der Waals surface area (Å²) in [5.41, 5.74) is 0.301. The van der Waals surface area contributed by atoms with Crippen molar-refractivity contribution in [3.05, 3.63) is 46.4 Å². The molecule has 15 nitrogen and oxygen atoms in total. The number of halogens is 1. The molecule has 3 aromatic rings. The quantitative estimate of drug-likeness (QED) is 0.237. The molecule has 3 N–H and O–H groups in total. The predicted molar refractivity (Wildman–Crippen MR) is 208 cm³/mol. The largest absolute Gasteiger partial charge is 0.495 e. The highest BCUT2D eigenvalue weighted by Gasteiger charge is 2.61. The van der Waals surface area contributed by atoms with E-state index in [-0.39, 0.29) is 31.9 Å². The monoisotopic (exact) mass is 812 g/mol. The van der Waals surface area contributed by atoms with Crippen LogP contribution in [0.4, 0.5) is 4.79 Å². The van der Waals surface area contributed by atoms with E-state index in [1.54, 1.807) is 25.2 Å². The maximum absolute atomic E-state index is 14.1. The minimum atomic E-state index is -4.37. The van der Waals surface area contributed by atoms with Crippen LogP contribution in [0, 0.1) is 17.2 Å². The van der Waals surface area contributed by atoms with E-state index < -0.39 is 51.6 Å². The lowest BCUT2D eigenvalue weighted by molar-refractivity contribution is -0.130. The molecule has 1 saturated heterocycles. The summed E-state index contributed by atoms with van der Waals surface area (Å²) < 4.78 is 41.4. The van der Waals surface area contributed by atoms with Gasteiger partial charge in [-0.25, -0.2) is 19.5 Å². The van der Waals surface area contributed by atoms with Gasteiger partial charge in [-0.05, 0) is 56.6 Å². The van der Waals surface area contributed by atoms with Gasteiger partial charge in [0, 0.05) is 49.3 Å². The van der Waals surface area contributed by atoms with E-state index in [4.69, 9.17) is 31.0 Å². The standard InChI is InChI=1S/C37H45ClN8O7S2/c1-22(2)28-21-54-34(41-28)27-18-30(25-12-13-29(52-4)31(38)32(25)40-27)53-17-14-26-33(47)43-37(35(48)44-55(50,51)46-16-9-11-24(46)20-39)19-23(37)10-7-5-6-8-15-45(3)36(49)42-26/h7,10,12-13,18,21-24,26H,5-6,8-9,11,14-17,19H2,1-4H3,(H,42,49)(H,43,47)(H,44,48)/t23-,24+,26+,37-/m1/s1. The number of ether oxygens (including phenoxy) is 2. The molecule has 2 fully saturated rings. The molecular formula is C37H45ClN8O7S2. The van der Waals surface area contributed by atoms with E-state index in [0.29, 0.717) is 70.4 Å². The first-order valence-corrected chi connectivity index (χ1v) is 21.0. The molecule has 3 aliphatic rings. The van der Waals surface area contributed by atoms with Gasteiger partial charge in [0.2, 0.25) is 5.91 Å². The number of thiazole rings is 1. The van der Waals surface area contributed by atoms with Crippen molar-refractivity contribution in [3.8, 4) is 28.3 Å². The average Bonchev–Trinajstić information content (AvgIpc) is 3.48. The van der Waals surface area contributed by atoms with Gasteiger partial charge in [-0.2, -0.15) is 18.0 Å². The first-order chi connectivity index (χ1) is 26.3. The summed E-state index contributed by atoms with van der Waals surface area (Å²) in [4.78, 5) is 52.3. The lowest BCUT2D eigenvalue weighted by Gasteiger charge is -2.27. The Kier molecular flexibility index (Phi) is 12.2. The van der Waals surface area contributed by atoms with Crippen molar-refractivity contribution in [2.24, 2.45) is 5.92 Å². The van der Waals surface area contributed by atoms with Gasteiger partial charge in [0.1, 0.15) is 44.8 Å². The molecule has 1 saturated carbocycles. The smallest absolute Gasteiger partial charge is 0.317 e. The Bertz CT molecular complexity index is 2140. The van der Waals surface area contributed by atoms with Gasteiger partial charge in [0.25, 0.3) is 5.91 Å². The van der Waals surface area contributed by atoms with Crippen LogP contribution in [-0.4, -0.2) is 96.9 Å². The van der Waals surface area contributed by atoms with E-state index in [1.165, 1.54) is 23.3 Å². The van der Waals surface area contributed by atoms with Crippen LogP contribution >= 0.6 is 22.9 Å². The molecule has 18 heteroatoms. The van der Waals surface area contributed by atoms with Gasteiger partial charge in [0.05, 0.1) is 31.0 Å². The molecular weight excluding hydrogens is 768 g/mol. The average molecular weight is 813 g/mol. The number of pyridine rings is 1. The number of carbonyl (C=O) groups excluding carboxylic acids is 3. The van der Waals surface area contributed by atoms with E-state index in [2.05, 4.69) is 29.2 Å². The number of aromatic nitrogens is 2. The number of fused-ring (bicyclic) bond motifs is 2. The molecule has 0 bridgehead atoms. The Balaban J connectivity index is 1.27. The van der Waals surface area contributed by atoms with E-state index in [0.717, 1.165) is 16.4 Å².